The van der Waals surface area contributed by atoms with Crippen LogP contribution in [0.3, 0.4) is 0 Å². The lowest BCUT2D eigenvalue weighted by molar-refractivity contribution is -0.128. The van der Waals surface area contributed by atoms with E-state index in [0.29, 0.717) is 31.3 Å². The van der Waals surface area contributed by atoms with Crippen LogP contribution in [0.25, 0.3) is 0 Å². The summed E-state index contributed by atoms with van der Waals surface area (Å²) >= 11 is 0. The van der Waals surface area contributed by atoms with Crippen molar-refractivity contribution < 1.29 is 14.3 Å². The first-order chi connectivity index (χ1) is 8.79. The third-order valence-corrected chi connectivity index (χ3v) is 2.52. The fourth-order valence-corrected chi connectivity index (χ4v) is 1.64. The predicted octanol–water partition coefficient (Wildman–Crippen LogP) is 0.407. The van der Waals surface area contributed by atoms with Crippen LogP contribution in [0.5, 0.6) is 5.88 Å². The third kappa shape index (κ3) is 3.41. The molecule has 1 fully saturated rings. The Labute approximate surface area is 106 Å². The molecule has 0 spiro atoms. The summed E-state index contributed by atoms with van der Waals surface area (Å²) in [5.41, 5.74) is 0.637. The normalized spacial score (nSPS) is 19.3. The van der Waals surface area contributed by atoms with Crippen LogP contribution in [0.2, 0.25) is 0 Å². The zero-order chi connectivity index (χ0) is 12.8. The molecule has 0 saturated carbocycles. The van der Waals surface area contributed by atoms with Crippen molar-refractivity contribution in [2.24, 2.45) is 0 Å². The van der Waals surface area contributed by atoms with E-state index in [-0.39, 0.29) is 5.91 Å². The summed E-state index contributed by atoms with van der Waals surface area (Å²) in [4.78, 5) is 15.9. The molecule has 0 aromatic carbocycles. The van der Waals surface area contributed by atoms with Crippen molar-refractivity contribution in [3.05, 3.63) is 18.3 Å². The Morgan fingerprint density at radius 2 is 2.56 bits per heavy atom. The highest BCUT2D eigenvalue weighted by atomic mass is 16.5. The summed E-state index contributed by atoms with van der Waals surface area (Å²) in [5, 5.41) is 5.86. The van der Waals surface area contributed by atoms with Gasteiger partial charge in [-0.15, -0.1) is 0 Å². The lowest BCUT2D eigenvalue weighted by Gasteiger charge is -2.22. The van der Waals surface area contributed by atoms with Gasteiger partial charge in [-0.1, -0.05) is 0 Å². The first kappa shape index (κ1) is 12.8. The van der Waals surface area contributed by atoms with Crippen LogP contribution in [0.15, 0.2) is 18.3 Å². The molecule has 0 aliphatic carbocycles. The van der Waals surface area contributed by atoms with Gasteiger partial charge in [0, 0.05) is 19.2 Å². The highest BCUT2D eigenvalue weighted by molar-refractivity contribution is 5.94. The van der Waals surface area contributed by atoms with Crippen LogP contribution >= 0.6 is 0 Å². The van der Waals surface area contributed by atoms with E-state index in [9.17, 15) is 4.79 Å². The summed E-state index contributed by atoms with van der Waals surface area (Å²) in [7, 11) is 0. The number of carbonyl (C=O) groups excluding carboxylic acids is 1. The number of morpholine rings is 1. The van der Waals surface area contributed by atoms with E-state index in [4.69, 9.17) is 9.47 Å². The van der Waals surface area contributed by atoms with Gasteiger partial charge < -0.3 is 20.1 Å². The van der Waals surface area contributed by atoms with Gasteiger partial charge in [-0.25, -0.2) is 4.98 Å². The second-order valence-corrected chi connectivity index (χ2v) is 3.87. The predicted molar refractivity (Wildman–Crippen MR) is 66.6 cm³/mol. The zero-order valence-corrected chi connectivity index (χ0v) is 10.3. The molecule has 2 N–H and O–H groups in total. The lowest BCUT2D eigenvalue weighted by Crippen LogP contribution is -2.45. The number of amides is 1. The molecule has 1 aliphatic rings. The molecule has 2 rings (SSSR count). The number of ether oxygens (including phenoxy) is 2. The molecule has 0 bridgehead atoms. The second kappa shape index (κ2) is 6.32. The maximum atomic E-state index is 11.8. The maximum Gasteiger partial charge on any atom is 0.254 e. The Bertz CT molecular complexity index is 388. The highest BCUT2D eigenvalue weighted by Gasteiger charge is 2.21. The highest BCUT2D eigenvalue weighted by Crippen LogP contribution is 2.12. The van der Waals surface area contributed by atoms with E-state index in [1.165, 1.54) is 0 Å². The molecule has 6 nitrogen and oxygen atoms in total. The number of nitrogens with zero attached hydrogens (tertiary/aromatic N) is 1. The van der Waals surface area contributed by atoms with Gasteiger partial charge >= 0.3 is 0 Å². The van der Waals surface area contributed by atoms with Crippen LogP contribution in [0, 0.1) is 0 Å². The number of rotatable bonds is 4. The molecular weight excluding hydrogens is 234 g/mol. The number of pyridine rings is 1. The minimum atomic E-state index is -0.440. The quantitative estimate of drug-likeness (QED) is 0.810. The first-order valence-corrected chi connectivity index (χ1v) is 6.01. The smallest absolute Gasteiger partial charge is 0.254 e. The van der Waals surface area contributed by atoms with Gasteiger partial charge in [-0.3, -0.25) is 4.79 Å². The van der Waals surface area contributed by atoms with Crippen LogP contribution in [0.1, 0.15) is 6.92 Å². The SMILES string of the molecule is CCOc1ccc(NC(=O)C2CNCCO2)cn1. The Morgan fingerprint density at radius 1 is 1.67 bits per heavy atom. The molecular formula is C12H17N3O3. The average Bonchev–Trinajstić information content (AvgIpc) is 2.42. The van der Waals surface area contributed by atoms with Gasteiger partial charge in [0.1, 0.15) is 6.10 Å². The fourth-order valence-electron chi connectivity index (χ4n) is 1.64. The molecule has 18 heavy (non-hydrogen) atoms. The summed E-state index contributed by atoms with van der Waals surface area (Å²) < 4.78 is 10.6. The largest absolute Gasteiger partial charge is 0.478 e. The van der Waals surface area contributed by atoms with Crippen molar-refractivity contribution in [2.45, 2.75) is 13.0 Å². The minimum Gasteiger partial charge on any atom is -0.478 e. The summed E-state index contributed by atoms with van der Waals surface area (Å²) in [6.07, 6.45) is 1.13. The van der Waals surface area contributed by atoms with Gasteiger partial charge in [-0.05, 0) is 13.0 Å². The molecule has 6 heteroatoms. The Morgan fingerprint density at radius 3 is 3.17 bits per heavy atom. The van der Waals surface area contributed by atoms with Crippen molar-refractivity contribution in [3.8, 4) is 5.88 Å². The van der Waals surface area contributed by atoms with Crippen molar-refractivity contribution in [1.29, 1.82) is 0 Å². The molecule has 0 radical (unpaired) electrons. The number of hydrogen-bond donors (Lipinski definition) is 2. The van der Waals surface area contributed by atoms with E-state index in [0.717, 1.165) is 6.54 Å². The van der Waals surface area contributed by atoms with Gasteiger partial charge in [0.15, 0.2) is 0 Å². The van der Waals surface area contributed by atoms with Gasteiger partial charge in [-0.2, -0.15) is 0 Å². The standard InChI is InChI=1S/C12H17N3O3/c1-2-17-11-4-3-9(7-14-11)15-12(16)10-8-13-5-6-18-10/h3-4,7,10,13H,2,5-6,8H2,1H3,(H,15,16). The minimum absolute atomic E-state index is 0.159. The molecule has 98 valence electrons. The number of aromatic nitrogens is 1. The maximum absolute atomic E-state index is 11.8. The van der Waals surface area contributed by atoms with E-state index in [1.807, 2.05) is 6.92 Å². The first-order valence-electron chi connectivity index (χ1n) is 6.01. The van der Waals surface area contributed by atoms with Gasteiger partial charge in [0.05, 0.1) is 25.1 Å². The summed E-state index contributed by atoms with van der Waals surface area (Å²) in [5.74, 6) is 0.388. The van der Waals surface area contributed by atoms with E-state index in [2.05, 4.69) is 15.6 Å². The zero-order valence-electron chi connectivity index (χ0n) is 10.3. The number of nitrogens with one attached hydrogen (secondary N) is 2. The van der Waals surface area contributed by atoms with Crippen molar-refractivity contribution >= 4 is 11.6 Å². The van der Waals surface area contributed by atoms with Crippen LogP contribution in [0.4, 0.5) is 5.69 Å². The molecule has 1 unspecified atom stereocenters. The van der Waals surface area contributed by atoms with Crippen molar-refractivity contribution in [2.75, 3.05) is 31.6 Å². The van der Waals surface area contributed by atoms with Crippen molar-refractivity contribution in [3.63, 3.8) is 0 Å². The number of anilines is 1. The average molecular weight is 251 g/mol. The number of hydrogen-bond acceptors (Lipinski definition) is 5. The Hall–Kier alpha value is -1.66. The Kier molecular flexibility index (Phi) is 4.49. The summed E-state index contributed by atoms with van der Waals surface area (Å²) in [6, 6.07) is 3.48. The molecule has 1 aromatic heterocycles. The van der Waals surface area contributed by atoms with Gasteiger partial charge in [0.2, 0.25) is 5.88 Å². The fraction of sp³-hybridized carbons (Fsp3) is 0.500. The molecule has 2 heterocycles. The monoisotopic (exact) mass is 251 g/mol. The van der Waals surface area contributed by atoms with Crippen molar-refractivity contribution in [1.82, 2.24) is 10.3 Å². The molecule has 1 aliphatic heterocycles. The van der Waals surface area contributed by atoms with E-state index >= 15 is 0 Å². The van der Waals surface area contributed by atoms with Crippen LogP contribution in [-0.4, -0.2) is 43.3 Å². The van der Waals surface area contributed by atoms with Gasteiger partial charge in [0.25, 0.3) is 5.91 Å². The van der Waals surface area contributed by atoms with Crippen LogP contribution in [-0.2, 0) is 9.53 Å². The lowest BCUT2D eigenvalue weighted by atomic mass is 10.3. The molecule has 1 atom stereocenters. The topological polar surface area (TPSA) is 72.5 Å². The third-order valence-electron chi connectivity index (χ3n) is 2.52. The number of carbonyl (C=O) groups is 1. The summed E-state index contributed by atoms with van der Waals surface area (Å²) in [6.45, 7) is 4.34. The molecule has 1 aromatic rings. The molecule has 1 amide bonds. The second-order valence-electron chi connectivity index (χ2n) is 3.87. The Balaban J connectivity index is 1.89. The molecule has 1 saturated heterocycles. The van der Waals surface area contributed by atoms with Crippen LogP contribution < -0.4 is 15.4 Å². The van der Waals surface area contributed by atoms with E-state index in [1.54, 1.807) is 18.3 Å². The van der Waals surface area contributed by atoms with E-state index < -0.39 is 6.10 Å².